The van der Waals surface area contributed by atoms with Crippen LogP contribution in [-0.2, 0) is 0 Å². The molecule has 1 heterocycles. The predicted octanol–water partition coefficient (Wildman–Crippen LogP) is 2.60. The van der Waals surface area contributed by atoms with Crippen LogP contribution in [0.4, 0.5) is 0 Å². The number of aliphatic hydroxyl groups is 1. The highest BCUT2D eigenvalue weighted by molar-refractivity contribution is 5.92. The molecule has 0 saturated heterocycles. The zero-order valence-electron chi connectivity index (χ0n) is 12.2. The molecule has 108 valence electrons. The highest BCUT2D eigenvalue weighted by atomic mass is 16.3. The van der Waals surface area contributed by atoms with Gasteiger partial charge >= 0.3 is 0 Å². The van der Waals surface area contributed by atoms with Crippen LogP contribution in [0.15, 0.2) is 18.3 Å². The smallest absolute Gasteiger partial charge is 0.267 e. The molecule has 1 rings (SSSR count). The first kappa shape index (κ1) is 15.8. The number of amides is 1. The Kier molecular flexibility index (Phi) is 6.64. The van der Waals surface area contributed by atoms with E-state index in [1.54, 1.807) is 0 Å². The largest absolute Gasteiger partial charge is 0.396 e. The minimum Gasteiger partial charge on any atom is -0.396 e. The Balaban J connectivity index is 2.56. The molecule has 0 aliphatic rings. The molecule has 0 aromatic carbocycles. The van der Waals surface area contributed by atoms with Crippen LogP contribution in [0.3, 0.4) is 0 Å². The van der Waals surface area contributed by atoms with Gasteiger partial charge in [-0.2, -0.15) is 0 Å². The summed E-state index contributed by atoms with van der Waals surface area (Å²) < 4.78 is 1.97. The molecule has 0 saturated carbocycles. The summed E-state index contributed by atoms with van der Waals surface area (Å²) in [5, 5.41) is 12.0. The first-order valence-electron chi connectivity index (χ1n) is 7.16. The fraction of sp³-hybridized carbons (Fsp3) is 0.667. The molecule has 19 heavy (non-hydrogen) atoms. The number of hydrogen-bond donors (Lipinski definition) is 2. The van der Waals surface area contributed by atoms with Crippen molar-refractivity contribution in [3.05, 3.63) is 24.0 Å². The highest BCUT2D eigenvalue weighted by Crippen LogP contribution is 2.12. The SMILES string of the molecule is CCCC(CCO)CNC(=O)c1cccn1C(C)C. The van der Waals surface area contributed by atoms with Crippen molar-refractivity contribution in [3.8, 4) is 0 Å². The lowest BCUT2D eigenvalue weighted by atomic mass is 10.0. The summed E-state index contributed by atoms with van der Waals surface area (Å²) in [5.74, 6) is 0.333. The van der Waals surface area contributed by atoms with E-state index < -0.39 is 0 Å². The normalized spacial score (nSPS) is 12.7. The lowest BCUT2D eigenvalue weighted by molar-refractivity contribution is 0.0932. The van der Waals surface area contributed by atoms with Crippen LogP contribution in [0, 0.1) is 5.92 Å². The van der Waals surface area contributed by atoms with Gasteiger partial charge in [0.2, 0.25) is 0 Å². The Morgan fingerprint density at radius 3 is 2.74 bits per heavy atom. The molecule has 0 aliphatic carbocycles. The summed E-state index contributed by atoms with van der Waals surface area (Å²) in [6.45, 7) is 7.06. The fourth-order valence-electron chi connectivity index (χ4n) is 2.30. The third kappa shape index (κ3) is 4.71. The highest BCUT2D eigenvalue weighted by Gasteiger charge is 2.14. The van der Waals surface area contributed by atoms with E-state index in [4.69, 9.17) is 5.11 Å². The van der Waals surface area contributed by atoms with Gasteiger partial charge in [-0.25, -0.2) is 0 Å². The van der Waals surface area contributed by atoms with Crippen LogP contribution in [0.5, 0.6) is 0 Å². The Morgan fingerprint density at radius 2 is 2.16 bits per heavy atom. The van der Waals surface area contributed by atoms with Gasteiger partial charge < -0.3 is 15.0 Å². The van der Waals surface area contributed by atoms with Gasteiger partial charge in [-0.1, -0.05) is 13.3 Å². The molecule has 1 amide bonds. The minimum absolute atomic E-state index is 0.0299. The first-order valence-corrected chi connectivity index (χ1v) is 7.16. The lowest BCUT2D eigenvalue weighted by Gasteiger charge is -2.17. The molecular weight excluding hydrogens is 240 g/mol. The average Bonchev–Trinajstić information content (AvgIpc) is 2.85. The first-order chi connectivity index (χ1) is 9.10. The second kappa shape index (κ2) is 8.00. The molecule has 1 unspecified atom stereocenters. The molecule has 2 N–H and O–H groups in total. The van der Waals surface area contributed by atoms with Crippen LogP contribution < -0.4 is 5.32 Å². The fourth-order valence-corrected chi connectivity index (χ4v) is 2.30. The second-order valence-electron chi connectivity index (χ2n) is 5.27. The molecule has 4 nitrogen and oxygen atoms in total. The number of carbonyl (C=O) groups excluding carboxylic acids is 1. The number of carbonyl (C=O) groups is 1. The van der Waals surface area contributed by atoms with E-state index in [9.17, 15) is 4.79 Å². The number of nitrogens with zero attached hydrogens (tertiary/aromatic N) is 1. The molecule has 0 aliphatic heterocycles. The van der Waals surface area contributed by atoms with Gasteiger partial charge in [-0.05, 0) is 44.7 Å². The van der Waals surface area contributed by atoms with Crippen LogP contribution in [0.25, 0.3) is 0 Å². The topological polar surface area (TPSA) is 54.3 Å². The van der Waals surface area contributed by atoms with E-state index in [1.807, 2.05) is 22.9 Å². The summed E-state index contributed by atoms with van der Waals surface area (Å²) in [4.78, 5) is 12.1. The monoisotopic (exact) mass is 266 g/mol. The van der Waals surface area contributed by atoms with Crippen molar-refractivity contribution in [1.29, 1.82) is 0 Å². The maximum atomic E-state index is 12.1. The standard InChI is InChI=1S/C15H26N2O2/c1-4-6-13(8-10-18)11-16-15(19)14-7-5-9-17(14)12(2)3/h5,7,9,12-13,18H,4,6,8,10-11H2,1-3H3,(H,16,19). The molecule has 0 fully saturated rings. The quantitative estimate of drug-likeness (QED) is 0.760. The van der Waals surface area contributed by atoms with Crippen molar-refractivity contribution in [3.63, 3.8) is 0 Å². The van der Waals surface area contributed by atoms with E-state index in [0.29, 0.717) is 18.2 Å². The number of aromatic nitrogens is 1. The third-order valence-electron chi connectivity index (χ3n) is 3.35. The molecule has 0 radical (unpaired) electrons. The van der Waals surface area contributed by atoms with Crippen molar-refractivity contribution in [2.45, 2.75) is 46.1 Å². The van der Waals surface area contributed by atoms with Gasteiger partial charge in [0.15, 0.2) is 0 Å². The summed E-state index contributed by atoms with van der Waals surface area (Å²) in [6, 6.07) is 4.02. The average molecular weight is 266 g/mol. The van der Waals surface area contributed by atoms with E-state index in [1.165, 1.54) is 0 Å². The molecule has 0 bridgehead atoms. The van der Waals surface area contributed by atoms with Crippen molar-refractivity contribution in [1.82, 2.24) is 9.88 Å². The number of hydrogen-bond acceptors (Lipinski definition) is 2. The van der Waals surface area contributed by atoms with E-state index >= 15 is 0 Å². The van der Waals surface area contributed by atoms with E-state index in [2.05, 4.69) is 26.1 Å². The van der Waals surface area contributed by atoms with Crippen molar-refractivity contribution in [2.24, 2.45) is 5.92 Å². The molecule has 1 aromatic rings. The van der Waals surface area contributed by atoms with Gasteiger partial charge in [0.25, 0.3) is 5.91 Å². The maximum absolute atomic E-state index is 12.1. The van der Waals surface area contributed by atoms with Crippen LogP contribution in [-0.4, -0.2) is 28.7 Å². The molecule has 1 atom stereocenters. The Labute approximate surface area is 115 Å². The maximum Gasteiger partial charge on any atom is 0.267 e. The van der Waals surface area contributed by atoms with E-state index in [0.717, 1.165) is 19.3 Å². The predicted molar refractivity (Wildman–Crippen MR) is 77.3 cm³/mol. The van der Waals surface area contributed by atoms with Crippen molar-refractivity contribution in [2.75, 3.05) is 13.2 Å². The lowest BCUT2D eigenvalue weighted by Crippen LogP contribution is -2.31. The van der Waals surface area contributed by atoms with Crippen LogP contribution in [0.2, 0.25) is 0 Å². The van der Waals surface area contributed by atoms with Crippen LogP contribution >= 0.6 is 0 Å². The van der Waals surface area contributed by atoms with Gasteiger partial charge in [-0.15, -0.1) is 0 Å². The molecule has 1 aromatic heterocycles. The number of nitrogens with one attached hydrogen (secondary N) is 1. The Morgan fingerprint density at radius 1 is 1.42 bits per heavy atom. The van der Waals surface area contributed by atoms with E-state index in [-0.39, 0.29) is 18.6 Å². The molecular formula is C15H26N2O2. The summed E-state index contributed by atoms with van der Waals surface area (Å²) in [6.07, 6.45) is 4.78. The summed E-state index contributed by atoms with van der Waals surface area (Å²) in [7, 11) is 0. The molecule has 0 spiro atoms. The zero-order chi connectivity index (χ0) is 14.3. The third-order valence-corrected chi connectivity index (χ3v) is 3.35. The van der Waals surface area contributed by atoms with Gasteiger partial charge in [-0.3, -0.25) is 4.79 Å². The van der Waals surface area contributed by atoms with Crippen molar-refractivity contribution >= 4 is 5.91 Å². The minimum atomic E-state index is -0.0299. The summed E-state index contributed by atoms with van der Waals surface area (Å²) >= 11 is 0. The van der Waals surface area contributed by atoms with Crippen molar-refractivity contribution < 1.29 is 9.90 Å². The van der Waals surface area contributed by atoms with Crippen LogP contribution in [0.1, 0.15) is 56.6 Å². The summed E-state index contributed by atoms with van der Waals surface area (Å²) in [5.41, 5.74) is 0.703. The Bertz CT molecular complexity index is 379. The molecule has 4 heteroatoms. The van der Waals surface area contributed by atoms with Gasteiger partial charge in [0.1, 0.15) is 5.69 Å². The Hall–Kier alpha value is -1.29. The van der Waals surface area contributed by atoms with Gasteiger partial charge in [0.05, 0.1) is 0 Å². The van der Waals surface area contributed by atoms with Gasteiger partial charge in [0, 0.05) is 25.4 Å². The number of rotatable bonds is 8. The zero-order valence-corrected chi connectivity index (χ0v) is 12.2. The second-order valence-corrected chi connectivity index (χ2v) is 5.27. The number of aliphatic hydroxyl groups excluding tert-OH is 1.